The summed E-state index contributed by atoms with van der Waals surface area (Å²) in [6.45, 7) is 4.26. The number of hydrogen-bond donors (Lipinski definition) is 1. The summed E-state index contributed by atoms with van der Waals surface area (Å²) in [6, 6.07) is 11.6. The van der Waals surface area contributed by atoms with Gasteiger partial charge in [0.25, 0.3) is 10.1 Å². The Bertz CT molecular complexity index is 855. The van der Waals surface area contributed by atoms with Gasteiger partial charge in [0.05, 0.1) is 16.3 Å². The van der Waals surface area contributed by atoms with Crippen LogP contribution in [0.4, 0.5) is 17.1 Å². The lowest BCUT2D eigenvalue weighted by molar-refractivity contribution is 0.483. The van der Waals surface area contributed by atoms with Gasteiger partial charge in [-0.3, -0.25) is 4.55 Å². The molecule has 0 aromatic heterocycles. The first kappa shape index (κ1) is 16.6. The van der Waals surface area contributed by atoms with Crippen LogP contribution >= 0.6 is 0 Å². The Morgan fingerprint density at radius 2 is 1.54 bits per heavy atom. The van der Waals surface area contributed by atoms with Gasteiger partial charge in [0, 0.05) is 18.8 Å². The Morgan fingerprint density at radius 3 is 2.12 bits per heavy atom. The van der Waals surface area contributed by atoms with Crippen LogP contribution in [-0.4, -0.2) is 26.1 Å². The van der Waals surface area contributed by atoms with Crippen molar-refractivity contribution in [1.29, 1.82) is 0 Å². The molecule has 0 aliphatic carbocycles. The first-order chi connectivity index (χ1) is 11.4. The highest BCUT2D eigenvalue weighted by Crippen LogP contribution is 2.28. The van der Waals surface area contributed by atoms with Crippen LogP contribution in [0.15, 0.2) is 57.6 Å². The number of hydrogen-bond acceptors (Lipinski definition) is 5. The van der Waals surface area contributed by atoms with Crippen molar-refractivity contribution in [3.8, 4) is 0 Å². The third-order valence-corrected chi connectivity index (χ3v) is 4.91. The summed E-state index contributed by atoms with van der Waals surface area (Å²) in [5.74, 6) is 0. The predicted octanol–water partition coefficient (Wildman–Crippen LogP) is 4.26. The summed E-state index contributed by atoms with van der Waals surface area (Å²) in [5.41, 5.74) is 3.66. The number of rotatable bonds is 4. The molecule has 1 aliphatic heterocycles. The maximum absolute atomic E-state index is 11.0. The van der Waals surface area contributed by atoms with Crippen LogP contribution in [0.5, 0.6) is 0 Å². The van der Waals surface area contributed by atoms with E-state index in [1.54, 1.807) is 0 Å². The normalized spacial score (nSPS) is 15.3. The Hall–Kier alpha value is -2.25. The van der Waals surface area contributed by atoms with Gasteiger partial charge in [-0.2, -0.15) is 18.6 Å². The summed E-state index contributed by atoms with van der Waals surface area (Å²) in [4.78, 5) is 2.22. The molecular formula is C17H19N3O3S. The van der Waals surface area contributed by atoms with E-state index in [0.717, 1.165) is 24.3 Å². The predicted molar refractivity (Wildman–Crippen MR) is 93.1 cm³/mol. The summed E-state index contributed by atoms with van der Waals surface area (Å²) in [6.07, 6.45) is 2.47. The van der Waals surface area contributed by atoms with E-state index < -0.39 is 10.1 Å². The minimum absolute atomic E-state index is 0.160. The lowest BCUT2D eigenvalue weighted by Crippen LogP contribution is -2.18. The molecule has 1 fully saturated rings. The van der Waals surface area contributed by atoms with Crippen LogP contribution < -0.4 is 4.90 Å². The molecule has 6 nitrogen and oxygen atoms in total. The van der Waals surface area contributed by atoms with E-state index in [2.05, 4.69) is 28.1 Å². The van der Waals surface area contributed by atoms with Gasteiger partial charge in [0.15, 0.2) is 0 Å². The molecule has 0 atom stereocenters. The number of aryl methyl sites for hydroxylation is 1. The monoisotopic (exact) mass is 345 g/mol. The van der Waals surface area contributed by atoms with Crippen LogP contribution in [0.2, 0.25) is 0 Å². The molecular weight excluding hydrogens is 326 g/mol. The second kappa shape index (κ2) is 6.70. The van der Waals surface area contributed by atoms with Gasteiger partial charge in [-0.15, -0.1) is 0 Å². The quantitative estimate of drug-likeness (QED) is 0.663. The molecule has 0 bridgehead atoms. The van der Waals surface area contributed by atoms with E-state index in [1.165, 1.54) is 42.8 Å². The average molecular weight is 345 g/mol. The highest BCUT2D eigenvalue weighted by atomic mass is 32.2. The third kappa shape index (κ3) is 3.80. The molecule has 2 aromatic rings. The summed E-state index contributed by atoms with van der Waals surface area (Å²) >= 11 is 0. The lowest BCUT2D eigenvalue weighted by atomic mass is 10.1. The number of anilines is 1. The molecule has 7 heteroatoms. The second-order valence-corrected chi connectivity index (χ2v) is 7.26. The molecule has 0 saturated carbocycles. The zero-order valence-corrected chi connectivity index (χ0v) is 14.2. The van der Waals surface area contributed by atoms with Gasteiger partial charge < -0.3 is 4.90 Å². The Morgan fingerprint density at radius 1 is 0.958 bits per heavy atom. The molecule has 126 valence electrons. The maximum atomic E-state index is 11.0. The Kier molecular flexibility index (Phi) is 4.64. The minimum atomic E-state index is -4.18. The molecule has 1 saturated heterocycles. The van der Waals surface area contributed by atoms with Crippen molar-refractivity contribution in [3.63, 3.8) is 0 Å². The van der Waals surface area contributed by atoms with Crippen molar-refractivity contribution in [2.45, 2.75) is 24.7 Å². The maximum Gasteiger partial charge on any atom is 0.294 e. The molecule has 1 N–H and O–H groups in total. The van der Waals surface area contributed by atoms with Gasteiger partial charge in [0.2, 0.25) is 0 Å². The number of benzene rings is 2. The van der Waals surface area contributed by atoms with E-state index >= 15 is 0 Å². The van der Waals surface area contributed by atoms with Crippen LogP contribution in [0.1, 0.15) is 18.4 Å². The second-order valence-electron chi connectivity index (χ2n) is 5.83. The van der Waals surface area contributed by atoms with Gasteiger partial charge >= 0.3 is 0 Å². The van der Waals surface area contributed by atoms with E-state index in [1.807, 2.05) is 12.1 Å². The van der Waals surface area contributed by atoms with E-state index in [-0.39, 0.29) is 4.90 Å². The Labute approximate surface area is 141 Å². The molecule has 0 spiro atoms. The fourth-order valence-electron chi connectivity index (χ4n) is 2.81. The molecule has 2 aromatic carbocycles. The van der Waals surface area contributed by atoms with Gasteiger partial charge in [-0.1, -0.05) is 0 Å². The van der Waals surface area contributed by atoms with Crippen LogP contribution in [0, 0.1) is 6.92 Å². The Balaban J connectivity index is 1.75. The van der Waals surface area contributed by atoms with Gasteiger partial charge in [-0.25, -0.2) is 0 Å². The molecule has 3 rings (SSSR count). The molecule has 0 radical (unpaired) electrons. The van der Waals surface area contributed by atoms with E-state index in [9.17, 15) is 8.42 Å². The van der Waals surface area contributed by atoms with Crippen LogP contribution in [0.3, 0.4) is 0 Å². The fourth-order valence-corrected chi connectivity index (χ4v) is 3.29. The first-order valence-corrected chi connectivity index (χ1v) is 9.22. The summed E-state index contributed by atoms with van der Waals surface area (Å²) in [7, 11) is -4.18. The molecule has 0 unspecified atom stereocenters. The molecule has 1 heterocycles. The van der Waals surface area contributed by atoms with E-state index in [4.69, 9.17) is 4.55 Å². The lowest BCUT2D eigenvalue weighted by Gasteiger charge is -2.20. The van der Waals surface area contributed by atoms with Crippen molar-refractivity contribution in [2.75, 3.05) is 18.0 Å². The van der Waals surface area contributed by atoms with E-state index in [0.29, 0.717) is 5.69 Å². The highest BCUT2D eigenvalue weighted by molar-refractivity contribution is 7.85. The van der Waals surface area contributed by atoms with Crippen LogP contribution in [0.25, 0.3) is 0 Å². The zero-order chi connectivity index (χ0) is 17.2. The average Bonchev–Trinajstić information content (AvgIpc) is 3.07. The topological polar surface area (TPSA) is 82.3 Å². The minimum Gasteiger partial charge on any atom is -0.371 e. The van der Waals surface area contributed by atoms with Crippen LogP contribution in [-0.2, 0) is 10.1 Å². The van der Waals surface area contributed by atoms with Gasteiger partial charge in [0.1, 0.15) is 0 Å². The first-order valence-electron chi connectivity index (χ1n) is 7.78. The van der Waals surface area contributed by atoms with Crippen molar-refractivity contribution in [3.05, 3.63) is 48.0 Å². The fraction of sp³-hybridized carbons (Fsp3) is 0.294. The largest absolute Gasteiger partial charge is 0.371 e. The molecule has 24 heavy (non-hydrogen) atoms. The third-order valence-electron chi connectivity index (χ3n) is 4.04. The smallest absolute Gasteiger partial charge is 0.294 e. The molecule has 1 aliphatic rings. The standard InChI is InChI=1S/C17H19N3O3S/c1-13-12-15(6-9-17(13)20-10-2-3-11-20)19-18-14-4-7-16(8-5-14)24(21,22)23/h4-9,12H,2-3,10-11H2,1H3,(H,21,22,23). The molecule has 0 amide bonds. The van der Waals surface area contributed by atoms with Crippen molar-refractivity contribution < 1.29 is 13.0 Å². The highest BCUT2D eigenvalue weighted by Gasteiger charge is 2.14. The van der Waals surface area contributed by atoms with Crippen molar-refractivity contribution >= 4 is 27.2 Å². The number of nitrogens with zero attached hydrogens (tertiary/aromatic N) is 3. The summed E-state index contributed by atoms with van der Waals surface area (Å²) < 4.78 is 30.9. The SMILES string of the molecule is Cc1cc(N=Nc2ccc(S(=O)(=O)O)cc2)ccc1N1CCCC1. The zero-order valence-electron chi connectivity index (χ0n) is 13.4. The van der Waals surface area contributed by atoms with Crippen molar-refractivity contribution in [1.82, 2.24) is 0 Å². The summed E-state index contributed by atoms with van der Waals surface area (Å²) in [5, 5.41) is 8.29. The van der Waals surface area contributed by atoms with Gasteiger partial charge in [-0.05, 0) is 67.8 Å². The van der Waals surface area contributed by atoms with Crippen molar-refractivity contribution in [2.24, 2.45) is 10.2 Å². The number of azo groups is 1.